The lowest BCUT2D eigenvalue weighted by atomic mass is 9.96. The number of rotatable bonds is 4. The van der Waals surface area contributed by atoms with E-state index in [1.54, 1.807) is 24.4 Å². The predicted octanol–water partition coefficient (Wildman–Crippen LogP) is 6.49. The van der Waals surface area contributed by atoms with Gasteiger partial charge in [-0.3, -0.25) is 5.10 Å². The summed E-state index contributed by atoms with van der Waals surface area (Å²) < 4.78 is 81.6. The lowest BCUT2D eigenvalue weighted by molar-refractivity contribution is -0.143. The molecule has 13 heteroatoms. The second-order valence-corrected chi connectivity index (χ2v) is 10.3. The molecule has 0 radical (unpaired) electrons. The van der Waals surface area contributed by atoms with Crippen LogP contribution in [0.25, 0.3) is 22.6 Å². The molecule has 0 bridgehead atoms. The van der Waals surface area contributed by atoms with Crippen LogP contribution in [-0.2, 0) is 12.4 Å². The van der Waals surface area contributed by atoms with Crippen molar-refractivity contribution in [1.29, 1.82) is 0 Å². The summed E-state index contributed by atoms with van der Waals surface area (Å²) in [6.45, 7) is 3.01. The first-order valence-electron chi connectivity index (χ1n) is 12.0. The van der Waals surface area contributed by atoms with E-state index in [2.05, 4.69) is 20.1 Å². The molecule has 6 nitrogen and oxygen atoms in total. The number of benzene rings is 2. The SMILES string of the molecule is CN1CCCN(c2nc(O)c(C(=Cc3ccc(C(F)(F)F)cc3C(F)(F)F)c3ccc4[nH]ncc4c3)s2)CC1. The zero-order valence-electron chi connectivity index (χ0n) is 20.6. The number of hydrogen-bond donors (Lipinski definition) is 2. The highest BCUT2D eigenvalue weighted by Gasteiger charge is 2.38. The van der Waals surface area contributed by atoms with Crippen molar-refractivity contribution in [2.24, 2.45) is 0 Å². The van der Waals surface area contributed by atoms with E-state index in [1.807, 2.05) is 11.9 Å². The van der Waals surface area contributed by atoms with Crippen LogP contribution in [0, 0.1) is 0 Å². The summed E-state index contributed by atoms with van der Waals surface area (Å²) in [6, 6.07) is 6.53. The summed E-state index contributed by atoms with van der Waals surface area (Å²) in [5.74, 6) is -0.369. The molecule has 5 rings (SSSR count). The van der Waals surface area contributed by atoms with Crippen molar-refractivity contribution in [2.45, 2.75) is 18.8 Å². The van der Waals surface area contributed by atoms with E-state index < -0.39 is 29.0 Å². The number of aromatic amines is 1. The quantitative estimate of drug-likeness (QED) is 0.218. The largest absolute Gasteiger partial charge is 0.492 e. The van der Waals surface area contributed by atoms with Crippen molar-refractivity contribution in [2.75, 3.05) is 38.1 Å². The van der Waals surface area contributed by atoms with Gasteiger partial charge in [0.1, 0.15) is 4.88 Å². The van der Waals surface area contributed by atoms with E-state index in [4.69, 9.17) is 0 Å². The van der Waals surface area contributed by atoms with E-state index in [9.17, 15) is 31.4 Å². The third-order valence-corrected chi connectivity index (χ3v) is 7.71. The molecule has 0 amide bonds. The molecule has 4 aromatic rings. The maximum absolute atomic E-state index is 14.0. The summed E-state index contributed by atoms with van der Waals surface area (Å²) >= 11 is 1.12. The number of alkyl halides is 6. The van der Waals surface area contributed by atoms with Crippen molar-refractivity contribution in [3.63, 3.8) is 0 Å². The number of aromatic hydroxyl groups is 1. The van der Waals surface area contributed by atoms with E-state index >= 15 is 0 Å². The fourth-order valence-corrected chi connectivity index (χ4v) is 5.55. The lowest BCUT2D eigenvalue weighted by Crippen LogP contribution is -2.28. The smallest absolute Gasteiger partial charge is 0.417 e. The number of H-pyrrole nitrogens is 1. The van der Waals surface area contributed by atoms with Crippen LogP contribution in [0.3, 0.4) is 0 Å². The van der Waals surface area contributed by atoms with Crippen molar-refractivity contribution in [3.05, 3.63) is 69.7 Å². The Balaban J connectivity index is 1.67. The minimum Gasteiger partial charge on any atom is -0.492 e. The number of anilines is 1. The highest BCUT2D eigenvalue weighted by Crippen LogP contribution is 2.43. The summed E-state index contributed by atoms with van der Waals surface area (Å²) in [4.78, 5) is 8.69. The summed E-state index contributed by atoms with van der Waals surface area (Å²) in [5.41, 5.74) is -1.98. The maximum atomic E-state index is 14.0. The van der Waals surface area contributed by atoms with Crippen LogP contribution < -0.4 is 4.90 Å². The molecular weight excluding hydrogens is 544 g/mol. The van der Waals surface area contributed by atoms with Gasteiger partial charge in [-0.15, -0.1) is 0 Å². The number of aromatic nitrogens is 3. The zero-order valence-corrected chi connectivity index (χ0v) is 21.4. The monoisotopic (exact) mass is 567 g/mol. The Morgan fingerprint density at radius 2 is 1.79 bits per heavy atom. The van der Waals surface area contributed by atoms with Gasteiger partial charge in [-0.1, -0.05) is 23.5 Å². The summed E-state index contributed by atoms with van der Waals surface area (Å²) in [6.07, 6.45) is -6.43. The van der Waals surface area contributed by atoms with E-state index in [1.165, 1.54) is 0 Å². The van der Waals surface area contributed by atoms with Gasteiger partial charge in [-0.25, -0.2) is 0 Å². The highest BCUT2D eigenvalue weighted by atomic mass is 32.1. The Labute approximate surface area is 223 Å². The van der Waals surface area contributed by atoms with Crippen molar-refractivity contribution in [3.8, 4) is 5.88 Å². The van der Waals surface area contributed by atoms with Gasteiger partial charge in [-0.05, 0) is 61.5 Å². The summed E-state index contributed by atoms with van der Waals surface area (Å²) in [5, 5.41) is 18.8. The van der Waals surface area contributed by atoms with E-state index in [0.29, 0.717) is 40.8 Å². The van der Waals surface area contributed by atoms with Crippen LogP contribution in [0.1, 0.15) is 33.6 Å². The van der Waals surface area contributed by atoms with Crippen LogP contribution in [-0.4, -0.2) is 58.4 Å². The van der Waals surface area contributed by atoms with Gasteiger partial charge < -0.3 is 14.9 Å². The van der Waals surface area contributed by atoms with Crippen LogP contribution >= 0.6 is 11.3 Å². The molecule has 1 fully saturated rings. The molecule has 0 aliphatic carbocycles. The number of halogens is 6. The van der Waals surface area contributed by atoms with Crippen molar-refractivity contribution >= 4 is 39.0 Å². The number of fused-ring (bicyclic) bond motifs is 1. The first kappa shape index (κ1) is 27.0. The molecule has 2 N–H and O–H groups in total. The Hall–Kier alpha value is -3.58. The van der Waals surface area contributed by atoms with Gasteiger partial charge >= 0.3 is 12.4 Å². The van der Waals surface area contributed by atoms with Gasteiger partial charge in [0.25, 0.3) is 0 Å². The Morgan fingerprint density at radius 1 is 1.00 bits per heavy atom. The average molecular weight is 568 g/mol. The molecule has 3 heterocycles. The summed E-state index contributed by atoms with van der Waals surface area (Å²) in [7, 11) is 2.00. The minimum atomic E-state index is -5.05. The fourth-order valence-electron chi connectivity index (χ4n) is 4.50. The van der Waals surface area contributed by atoms with Crippen molar-refractivity contribution < 1.29 is 31.4 Å². The van der Waals surface area contributed by atoms with Crippen LogP contribution in [0.15, 0.2) is 42.6 Å². The molecule has 39 heavy (non-hydrogen) atoms. The third-order valence-electron chi connectivity index (χ3n) is 6.57. The molecule has 2 aromatic carbocycles. The normalized spacial score (nSPS) is 16.2. The number of thiazole rings is 1. The van der Waals surface area contributed by atoms with Gasteiger partial charge in [0.2, 0.25) is 5.88 Å². The molecule has 2 aromatic heterocycles. The van der Waals surface area contributed by atoms with Crippen LogP contribution in [0.4, 0.5) is 31.5 Å². The highest BCUT2D eigenvalue weighted by molar-refractivity contribution is 7.17. The molecule has 206 valence electrons. The van der Waals surface area contributed by atoms with Gasteiger partial charge in [-0.2, -0.15) is 36.4 Å². The third kappa shape index (κ3) is 5.74. The fraction of sp³-hybridized carbons (Fsp3) is 0.308. The molecule has 0 unspecified atom stereocenters. The van der Waals surface area contributed by atoms with Gasteiger partial charge in [0.05, 0.1) is 22.8 Å². The number of nitrogens with zero attached hydrogens (tertiary/aromatic N) is 4. The van der Waals surface area contributed by atoms with Gasteiger partial charge in [0, 0.05) is 30.6 Å². The first-order chi connectivity index (χ1) is 18.4. The minimum absolute atomic E-state index is 0.106. The topological polar surface area (TPSA) is 68.3 Å². The van der Waals surface area contributed by atoms with E-state index in [-0.39, 0.29) is 22.4 Å². The van der Waals surface area contributed by atoms with Crippen LogP contribution in [0.5, 0.6) is 5.88 Å². The Kier molecular flexibility index (Phi) is 7.06. The zero-order chi connectivity index (χ0) is 27.9. The lowest BCUT2D eigenvalue weighted by Gasteiger charge is -2.19. The second kappa shape index (κ2) is 10.2. The van der Waals surface area contributed by atoms with E-state index in [0.717, 1.165) is 43.0 Å². The van der Waals surface area contributed by atoms with Gasteiger partial charge in [0.15, 0.2) is 5.13 Å². The standard InChI is InChI=1S/C26H23F6N5OS/c1-36-7-2-8-37(10-9-36)24-34-23(38)22(39-24)19(15-4-6-21-17(11-15)14-33-35-21)12-16-3-5-18(25(27,28)29)13-20(16)26(30,31)32/h3-6,11-14,38H,2,7-10H2,1H3,(H,33,35). The molecule has 0 saturated carbocycles. The van der Waals surface area contributed by atoms with Crippen molar-refractivity contribution in [1.82, 2.24) is 20.1 Å². The number of nitrogens with one attached hydrogen (secondary N) is 1. The second-order valence-electron chi connectivity index (χ2n) is 9.32. The predicted molar refractivity (Wildman–Crippen MR) is 138 cm³/mol. The van der Waals surface area contributed by atoms with Crippen LogP contribution in [0.2, 0.25) is 0 Å². The maximum Gasteiger partial charge on any atom is 0.417 e. The molecular formula is C26H23F6N5OS. The molecule has 1 aliphatic rings. The average Bonchev–Trinajstić information content (AvgIpc) is 3.43. The number of hydrogen-bond acceptors (Lipinski definition) is 6. The molecule has 1 saturated heterocycles. The molecule has 0 atom stereocenters. The first-order valence-corrected chi connectivity index (χ1v) is 12.8. The Morgan fingerprint density at radius 3 is 2.54 bits per heavy atom. The molecule has 0 spiro atoms. The number of likely N-dealkylation sites (N-methyl/N-ethyl adjacent to an activating group) is 1. The Bertz CT molecular complexity index is 1520. The molecule has 1 aliphatic heterocycles.